The predicted octanol–water partition coefficient (Wildman–Crippen LogP) is 3.39. The second kappa shape index (κ2) is 9.36. The number of halogens is 2. The molecule has 0 heterocycles. The van der Waals surface area contributed by atoms with E-state index in [1.807, 2.05) is 0 Å². The van der Waals surface area contributed by atoms with Crippen LogP contribution in [0, 0.1) is 11.6 Å². The first-order chi connectivity index (χ1) is 17.8. The van der Waals surface area contributed by atoms with E-state index in [9.17, 15) is 29.3 Å². The van der Waals surface area contributed by atoms with E-state index >= 15 is 4.39 Å². The van der Waals surface area contributed by atoms with Crippen molar-refractivity contribution >= 4 is 11.9 Å². The lowest BCUT2D eigenvalue weighted by molar-refractivity contribution is -0.145. The minimum Gasteiger partial charge on any atom is -0.481 e. The Morgan fingerprint density at radius 3 is 2.35 bits per heavy atom. The van der Waals surface area contributed by atoms with Crippen LogP contribution in [0.25, 0.3) is 11.1 Å². The summed E-state index contributed by atoms with van der Waals surface area (Å²) in [6, 6.07) is 13.9. The van der Waals surface area contributed by atoms with Gasteiger partial charge >= 0.3 is 5.97 Å². The predicted molar refractivity (Wildman–Crippen MR) is 132 cm³/mol. The summed E-state index contributed by atoms with van der Waals surface area (Å²) in [4.78, 5) is 25.2. The molecule has 2 atom stereocenters. The molecule has 8 heteroatoms. The van der Waals surface area contributed by atoms with Gasteiger partial charge in [-0.2, -0.15) is 0 Å². The summed E-state index contributed by atoms with van der Waals surface area (Å²) in [5, 5.41) is 32.7. The minimum atomic E-state index is -1.46. The number of aliphatic carboxylic acids is 1. The van der Waals surface area contributed by atoms with Gasteiger partial charge < -0.3 is 20.6 Å². The molecule has 0 spiro atoms. The van der Waals surface area contributed by atoms with Gasteiger partial charge in [-0.3, -0.25) is 9.59 Å². The molecule has 4 N–H and O–H groups in total. The Bertz CT molecular complexity index is 1410. The molecule has 0 radical (unpaired) electrons. The number of hydrogen-bond acceptors (Lipinski definition) is 4. The number of aliphatic hydroxyl groups is 2. The average molecular weight is 508 g/mol. The zero-order chi connectivity index (χ0) is 26.4. The molecule has 3 aromatic rings. The molecular weight excluding hydrogens is 480 g/mol. The molecule has 5 rings (SSSR count). The quantitative estimate of drug-likeness (QED) is 0.392. The average Bonchev–Trinajstić information content (AvgIpc) is 3.46. The van der Waals surface area contributed by atoms with Gasteiger partial charge in [0.15, 0.2) is 0 Å². The number of amides is 1. The summed E-state index contributed by atoms with van der Waals surface area (Å²) >= 11 is 0. The standard InChI is InChI=1S/C29H27F2NO5/c30-20-4-5-22-18(13-20)8-10-28(22,15-33)26(35)32-14-17-2-1-3-19(12-17)25-21-9-11-29(16-34,27(36)37)23(21)6-7-24(25)31/h1-7,12-13,33-34H,8-11,14-16H2,(H,32,35)(H,36,37). The fourth-order valence-electron chi connectivity index (χ4n) is 5.95. The monoisotopic (exact) mass is 507 g/mol. The Morgan fingerprint density at radius 2 is 1.62 bits per heavy atom. The van der Waals surface area contributed by atoms with Crippen molar-refractivity contribution in [3.8, 4) is 11.1 Å². The Hall–Kier alpha value is -3.62. The highest BCUT2D eigenvalue weighted by atomic mass is 19.1. The van der Waals surface area contributed by atoms with E-state index < -0.39 is 35.8 Å². The third-order valence-electron chi connectivity index (χ3n) is 8.04. The summed E-state index contributed by atoms with van der Waals surface area (Å²) < 4.78 is 28.7. The summed E-state index contributed by atoms with van der Waals surface area (Å²) in [6.45, 7) is -0.860. The molecule has 2 aliphatic carbocycles. The number of rotatable bonds is 7. The number of carboxylic acid groups (broad SMARTS) is 1. The van der Waals surface area contributed by atoms with Crippen LogP contribution in [0.5, 0.6) is 0 Å². The van der Waals surface area contributed by atoms with Crippen molar-refractivity contribution in [1.82, 2.24) is 5.32 Å². The highest BCUT2D eigenvalue weighted by Gasteiger charge is 2.47. The van der Waals surface area contributed by atoms with Crippen molar-refractivity contribution in [3.63, 3.8) is 0 Å². The molecule has 0 aliphatic heterocycles. The molecule has 2 unspecified atom stereocenters. The van der Waals surface area contributed by atoms with Crippen LogP contribution in [-0.2, 0) is 39.8 Å². The fourth-order valence-corrected chi connectivity index (χ4v) is 5.95. The van der Waals surface area contributed by atoms with Gasteiger partial charge in [-0.15, -0.1) is 0 Å². The maximum absolute atomic E-state index is 15.1. The topological polar surface area (TPSA) is 107 Å². The smallest absolute Gasteiger partial charge is 0.316 e. The molecule has 2 aliphatic rings. The second-order valence-electron chi connectivity index (χ2n) is 9.92. The Labute approximate surface area is 212 Å². The first kappa shape index (κ1) is 25.0. The van der Waals surface area contributed by atoms with Crippen molar-refractivity contribution in [2.75, 3.05) is 13.2 Å². The van der Waals surface area contributed by atoms with E-state index in [1.165, 1.54) is 24.3 Å². The molecule has 6 nitrogen and oxygen atoms in total. The number of hydrogen-bond donors (Lipinski definition) is 4. The largest absolute Gasteiger partial charge is 0.481 e. The summed E-state index contributed by atoms with van der Waals surface area (Å²) in [5.74, 6) is -2.39. The SMILES string of the molecule is O=C(NCc1cccc(-c2c(F)ccc3c2CCC3(CO)C(=O)O)c1)C1(CO)CCc2cc(F)ccc21. The van der Waals surface area contributed by atoms with Gasteiger partial charge in [0, 0.05) is 12.1 Å². The summed E-state index contributed by atoms with van der Waals surface area (Å²) in [7, 11) is 0. The molecule has 0 bridgehead atoms. The molecule has 37 heavy (non-hydrogen) atoms. The first-order valence-electron chi connectivity index (χ1n) is 12.2. The fraction of sp³-hybridized carbons (Fsp3) is 0.310. The van der Waals surface area contributed by atoms with E-state index in [-0.39, 0.29) is 24.7 Å². The maximum atomic E-state index is 15.1. The van der Waals surface area contributed by atoms with Gasteiger partial charge in [-0.05, 0) is 83.3 Å². The van der Waals surface area contributed by atoms with E-state index in [1.54, 1.807) is 30.3 Å². The molecule has 0 aromatic heterocycles. The van der Waals surface area contributed by atoms with E-state index in [4.69, 9.17) is 0 Å². The van der Waals surface area contributed by atoms with E-state index in [0.717, 1.165) is 0 Å². The number of benzene rings is 3. The van der Waals surface area contributed by atoms with Crippen LogP contribution in [0.4, 0.5) is 8.78 Å². The van der Waals surface area contributed by atoms with Crippen molar-refractivity contribution in [2.45, 2.75) is 43.1 Å². The van der Waals surface area contributed by atoms with Crippen molar-refractivity contribution < 1.29 is 33.7 Å². The van der Waals surface area contributed by atoms with Gasteiger partial charge in [0.1, 0.15) is 17.0 Å². The number of nitrogens with one attached hydrogen (secondary N) is 1. The third-order valence-corrected chi connectivity index (χ3v) is 8.04. The number of fused-ring (bicyclic) bond motifs is 2. The van der Waals surface area contributed by atoms with Crippen LogP contribution >= 0.6 is 0 Å². The molecule has 0 saturated carbocycles. The Kier molecular flexibility index (Phi) is 6.33. The minimum absolute atomic E-state index is 0.122. The summed E-state index contributed by atoms with van der Waals surface area (Å²) in [6.07, 6.45) is 1.34. The summed E-state index contributed by atoms with van der Waals surface area (Å²) in [5.41, 5.74) is 1.22. The number of carbonyl (C=O) groups is 2. The highest BCUT2D eigenvalue weighted by molar-refractivity contribution is 5.90. The van der Waals surface area contributed by atoms with Crippen LogP contribution in [0.15, 0.2) is 54.6 Å². The second-order valence-corrected chi connectivity index (χ2v) is 9.92. The van der Waals surface area contributed by atoms with Gasteiger partial charge in [0.2, 0.25) is 5.91 Å². The number of aliphatic hydroxyl groups excluding tert-OH is 2. The van der Waals surface area contributed by atoms with Crippen molar-refractivity contribution in [1.29, 1.82) is 0 Å². The van der Waals surface area contributed by atoms with Gasteiger partial charge in [0.05, 0.1) is 18.6 Å². The normalized spacial score (nSPS) is 21.9. The van der Waals surface area contributed by atoms with Gasteiger partial charge in [-0.1, -0.05) is 30.3 Å². The number of carboxylic acids is 1. The zero-order valence-electron chi connectivity index (χ0n) is 20.1. The van der Waals surface area contributed by atoms with Gasteiger partial charge in [0.25, 0.3) is 0 Å². The molecule has 1 amide bonds. The van der Waals surface area contributed by atoms with Crippen molar-refractivity contribution in [2.24, 2.45) is 0 Å². The van der Waals surface area contributed by atoms with Gasteiger partial charge in [-0.25, -0.2) is 8.78 Å². The van der Waals surface area contributed by atoms with E-state index in [0.29, 0.717) is 58.2 Å². The molecular formula is C29H27F2NO5. The maximum Gasteiger partial charge on any atom is 0.316 e. The molecule has 192 valence electrons. The zero-order valence-corrected chi connectivity index (χ0v) is 20.1. The highest BCUT2D eigenvalue weighted by Crippen LogP contribution is 2.44. The molecule has 3 aromatic carbocycles. The lowest BCUT2D eigenvalue weighted by Crippen LogP contribution is -2.45. The molecule has 0 saturated heterocycles. The molecule has 0 fully saturated rings. The van der Waals surface area contributed by atoms with Crippen LogP contribution in [0.3, 0.4) is 0 Å². The van der Waals surface area contributed by atoms with E-state index in [2.05, 4.69) is 5.32 Å². The Morgan fingerprint density at radius 1 is 0.892 bits per heavy atom. The van der Waals surface area contributed by atoms with Crippen LogP contribution in [-0.4, -0.2) is 40.4 Å². The van der Waals surface area contributed by atoms with Crippen LogP contribution in [0.2, 0.25) is 0 Å². The lowest BCUT2D eigenvalue weighted by atomic mass is 9.81. The van der Waals surface area contributed by atoms with Crippen LogP contribution < -0.4 is 5.32 Å². The van der Waals surface area contributed by atoms with Crippen molar-refractivity contribution in [3.05, 3.63) is 94.0 Å². The lowest BCUT2D eigenvalue weighted by Gasteiger charge is -2.27. The number of aryl methyl sites for hydroxylation is 1. The third kappa shape index (κ3) is 3.91. The van der Waals surface area contributed by atoms with Crippen LogP contribution in [0.1, 0.15) is 40.7 Å². The Balaban J connectivity index is 1.42. The number of carbonyl (C=O) groups excluding carboxylic acids is 1. The first-order valence-corrected chi connectivity index (χ1v) is 12.2.